The summed E-state index contributed by atoms with van der Waals surface area (Å²) in [7, 11) is 0. The predicted molar refractivity (Wildman–Crippen MR) is 106 cm³/mol. The highest BCUT2D eigenvalue weighted by Gasteiger charge is 2.13. The number of hydrogen-bond donors (Lipinski definition) is 1. The molecule has 0 aliphatic heterocycles. The number of nitrogens with zero attached hydrogens (tertiary/aromatic N) is 1. The number of thiazole rings is 1. The second-order valence-corrected chi connectivity index (χ2v) is 8.38. The Labute approximate surface area is 155 Å². The molecule has 0 fully saturated rings. The molecule has 0 unspecified atom stereocenters. The average molecular weight is 373 g/mol. The zero-order chi connectivity index (χ0) is 17.8. The van der Waals surface area contributed by atoms with Gasteiger partial charge in [-0.05, 0) is 37.3 Å². The average Bonchev–Trinajstić information content (AvgIpc) is 2.98. The van der Waals surface area contributed by atoms with Crippen LogP contribution in [0, 0.1) is 0 Å². The standard InChI is InChI=1S/C19H20N2O2S2/c1-4-23-15-9-6-10-16-17(15)20-19(25-16)21-18(22)13-7-5-8-14(11-13)24-12(2)3/h5-12H,4H2,1-3H3,(H,20,21,22). The molecule has 1 aromatic heterocycles. The van der Waals surface area contributed by atoms with Crippen molar-refractivity contribution in [3.8, 4) is 5.75 Å². The first-order valence-corrected chi connectivity index (χ1v) is 9.87. The van der Waals surface area contributed by atoms with Gasteiger partial charge >= 0.3 is 0 Å². The lowest BCUT2D eigenvalue weighted by molar-refractivity contribution is 0.102. The molecule has 0 aliphatic carbocycles. The van der Waals surface area contributed by atoms with E-state index in [2.05, 4.69) is 24.1 Å². The van der Waals surface area contributed by atoms with Crippen molar-refractivity contribution in [1.29, 1.82) is 0 Å². The third kappa shape index (κ3) is 4.32. The summed E-state index contributed by atoms with van der Waals surface area (Å²) >= 11 is 3.18. The van der Waals surface area contributed by atoms with Gasteiger partial charge in [0.1, 0.15) is 11.3 Å². The largest absolute Gasteiger partial charge is 0.492 e. The smallest absolute Gasteiger partial charge is 0.257 e. The Morgan fingerprint density at radius 1 is 1.28 bits per heavy atom. The number of carbonyl (C=O) groups excluding carboxylic acids is 1. The van der Waals surface area contributed by atoms with Gasteiger partial charge in [0.25, 0.3) is 5.91 Å². The van der Waals surface area contributed by atoms with Crippen LogP contribution < -0.4 is 10.1 Å². The molecule has 0 radical (unpaired) electrons. The van der Waals surface area contributed by atoms with Crippen LogP contribution in [-0.2, 0) is 0 Å². The van der Waals surface area contributed by atoms with Gasteiger partial charge in [0.2, 0.25) is 0 Å². The fourth-order valence-corrected chi connectivity index (χ4v) is 4.18. The van der Waals surface area contributed by atoms with E-state index in [1.54, 1.807) is 11.8 Å². The number of para-hydroxylation sites is 1. The maximum absolute atomic E-state index is 12.6. The van der Waals surface area contributed by atoms with Crippen LogP contribution in [0.2, 0.25) is 0 Å². The summed E-state index contributed by atoms with van der Waals surface area (Å²) in [5, 5.41) is 3.95. The molecule has 0 aliphatic rings. The number of ether oxygens (including phenoxy) is 1. The summed E-state index contributed by atoms with van der Waals surface area (Å²) in [5.41, 5.74) is 1.42. The van der Waals surface area contributed by atoms with Crippen molar-refractivity contribution in [2.24, 2.45) is 0 Å². The van der Waals surface area contributed by atoms with Gasteiger partial charge in [0.05, 0.1) is 11.3 Å². The van der Waals surface area contributed by atoms with Crippen molar-refractivity contribution >= 4 is 44.4 Å². The SMILES string of the molecule is CCOc1cccc2sc(NC(=O)c3cccc(SC(C)C)c3)nc12. The van der Waals surface area contributed by atoms with E-state index in [1.807, 2.05) is 49.4 Å². The molecule has 2 aromatic carbocycles. The second-order valence-electron chi connectivity index (χ2n) is 5.70. The van der Waals surface area contributed by atoms with E-state index in [9.17, 15) is 4.79 Å². The fourth-order valence-electron chi connectivity index (χ4n) is 2.40. The van der Waals surface area contributed by atoms with E-state index in [1.165, 1.54) is 11.3 Å². The molecule has 0 saturated heterocycles. The molecule has 25 heavy (non-hydrogen) atoms. The molecule has 3 rings (SSSR count). The molecule has 0 atom stereocenters. The molecule has 4 nitrogen and oxygen atoms in total. The minimum absolute atomic E-state index is 0.150. The van der Waals surface area contributed by atoms with Gasteiger partial charge in [-0.2, -0.15) is 0 Å². The third-order valence-corrected chi connectivity index (χ3v) is 5.30. The zero-order valence-electron chi connectivity index (χ0n) is 14.4. The van der Waals surface area contributed by atoms with Gasteiger partial charge in [-0.25, -0.2) is 4.98 Å². The molecule has 6 heteroatoms. The first kappa shape index (κ1) is 17.8. The molecule has 0 bridgehead atoms. The number of nitrogens with one attached hydrogen (secondary N) is 1. The molecule has 0 spiro atoms. The molecular weight excluding hydrogens is 352 g/mol. The highest BCUT2D eigenvalue weighted by molar-refractivity contribution is 7.99. The summed E-state index contributed by atoms with van der Waals surface area (Å²) in [6.07, 6.45) is 0. The minimum Gasteiger partial charge on any atom is -0.492 e. The van der Waals surface area contributed by atoms with Crippen LogP contribution in [0.5, 0.6) is 5.75 Å². The summed E-state index contributed by atoms with van der Waals surface area (Å²) < 4.78 is 6.59. The van der Waals surface area contributed by atoms with Gasteiger partial charge in [-0.3, -0.25) is 10.1 Å². The number of fused-ring (bicyclic) bond motifs is 1. The lowest BCUT2D eigenvalue weighted by Crippen LogP contribution is -2.11. The Kier molecular flexibility index (Phi) is 5.60. The number of aromatic nitrogens is 1. The Morgan fingerprint density at radius 3 is 2.84 bits per heavy atom. The lowest BCUT2D eigenvalue weighted by atomic mass is 10.2. The summed E-state index contributed by atoms with van der Waals surface area (Å²) in [6, 6.07) is 13.5. The van der Waals surface area contributed by atoms with Gasteiger partial charge in [-0.15, -0.1) is 11.8 Å². The second kappa shape index (κ2) is 7.89. The summed E-state index contributed by atoms with van der Waals surface area (Å²) in [5.74, 6) is 0.593. The fraction of sp³-hybridized carbons (Fsp3) is 0.263. The van der Waals surface area contributed by atoms with Crippen LogP contribution in [0.1, 0.15) is 31.1 Å². The van der Waals surface area contributed by atoms with Gasteiger partial charge in [0, 0.05) is 15.7 Å². The Hall–Kier alpha value is -2.05. The first-order chi connectivity index (χ1) is 12.1. The number of thioether (sulfide) groups is 1. The zero-order valence-corrected chi connectivity index (χ0v) is 16.0. The molecule has 130 valence electrons. The lowest BCUT2D eigenvalue weighted by Gasteiger charge is -2.07. The third-order valence-electron chi connectivity index (χ3n) is 3.37. The molecule has 1 heterocycles. The first-order valence-electron chi connectivity index (χ1n) is 8.17. The van der Waals surface area contributed by atoms with Crippen molar-refractivity contribution in [3.63, 3.8) is 0 Å². The van der Waals surface area contributed by atoms with Crippen LogP contribution in [0.25, 0.3) is 10.2 Å². The molecule has 3 aromatic rings. The Morgan fingerprint density at radius 2 is 2.08 bits per heavy atom. The van der Waals surface area contributed by atoms with Crippen LogP contribution in [-0.4, -0.2) is 22.7 Å². The van der Waals surface area contributed by atoms with E-state index < -0.39 is 0 Å². The number of amides is 1. The number of rotatable bonds is 6. The van der Waals surface area contributed by atoms with Crippen LogP contribution in [0.4, 0.5) is 5.13 Å². The predicted octanol–water partition coefficient (Wildman–Crippen LogP) is 5.45. The molecule has 0 saturated carbocycles. The van der Waals surface area contributed by atoms with Crippen LogP contribution >= 0.6 is 23.1 Å². The van der Waals surface area contributed by atoms with E-state index in [4.69, 9.17) is 4.74 Å². The number of hydrogen-bond acceptors (Lipinski definition) is 5. The van der Waals surface area contributed by atoms with Crippen molar-refractivity contribution in [3.05, 3.63) is 48.0 Å². The minimum atomic E-state index is -0.150. The number of carbonyl (C=O) groups is 1. The molecular formula is C19H20N2O2S2. The van der Waals surface area contributed by atoms with Crippen molar-refractivity contribution in [2.75, 3.05) is 11.9 Å². The number of benzene rings is 2. The molecule has 1 N–H and O–H groups in total. The van der Waals surface area contributed by atoms with Gasteiger partial charge in [-0.1, -0.05) is 37.3 Å². The van der Waals surface area contributed by atoms with Crippen LogP contribution in [0.3, 0.4) is 0 Å². The van der Waals surface area contributed by atoms with E-state index >= 15 is 0 Å². The summed E-state index contributed by atoms with van der Waals surface area (Å²) in [4.78, 5) is 18.2. The normalized spacial score (nSPS) is 11.0. The van der Waals surface area contributed by atoms with Gasteiger partial charge < -0.3 is 4.74 Å². The van der Waals surface area contributed by atoms with Crippen molar-refractivity contribution < 1.29 is 9.53 Å². The maximum Gasteiger partial charge on any atom is 0.257 e. The summed E-state index contributed by atoms with van der Waals surface area (Å²) in [6.45, 7) is 6.79. The highest BCUT2D eigenvalue weighted by atomic mass is 32.2. The van der Waals surface area contributed by atoms with Gasteiger partial charge in [0.15, 0.2) is 5.13 Å². The van der Waals surface area contributed by atoms with Crippen molar-refractivity contribution in [2.45, 2.75) is 30.9 Å². The monoisotopic (exact) mass is 372 g/mol. The van der Waals surface area contributed by atoms with E-state index in [0.29, 0.717) is 22.6 Å². The Balaban J connectivity index is 1.81. The Bertz CT molecular complexity index is 890. The highest BCUT2D eigenvalue weighted by Crippen LogP contribution is 2.32. The molecule has 1 amide bonds. The topological polar surface area (TPSA) is 51.2 Å². The number of anilines is 1. The maximum atomic E-state index is 12.6. The quantitative estimate of drug-likeness (QED) is 0.585. The van der Waals surface area contributed by atoms with E-state index in [-0.39, 0.29) is 5.91 Å². The van der Waals surface area contributed by atoms with Crippen molar-refractivity contribution in [1.82, 2.24) is 4.98 Å². The van der Waals surface area contributed by atoms with Crippen LogP contribution in [0.15, 0.2) is 47.4 Å². The van der Waals surface area contributed by atoms with E-state index in [0.717, 1.165) is 20.9 Å².